The van der Waals surface area contributed by atoms with Gasteiger partial charge in [-0.05, 0) is 12.8 Å². The van der Waals surface area contributed by atoms with Gasteiger partial charge < -0.3 is 10.2 Å². The number of halogens is 1. The Morgan fingerprint density at radius 2 is 2.33 bits per heavy atom. The van der Waals surface area contributed by atoms with E-state index in [0.717, 1.165) is 6.42 Å². The van der Waals surface area contributed by atoms with Crippen LogP contribution >= 0.6 is 11.6 Å². The van der Waals surface area contributed by atoms with Gasteiger partial charge in [0.1, 0.15) is 6.04 Å². The van der Waals surface area contributed by atoms with Crippen molar-refractivity contribution in [1.29, 1.82) is 0 Å². The molecule has 7 heteroatoms. The van der Waals surface area contributed by atoms with E-state index in [4.69, 9.17) is 11.6 Å². The van der Waals surface area contributed by atoms with E-state index in [0.29, 0.717) is 25.1 Å². The van der Waals surface area contributed by atoms with Crippen molar-refractivity contribution < 1.29 is 9.59 Å². The van der Waals surface area contributed by atoms with E-state index in [1.54, 1.807) is 0 Å². The highest BCUT2D eigenvalue weighted by Gasteiger charge is 2.29. The average Bonchev–Trinajstić information content (AvgIpc) is 2.86. The first-order valence-electron chi connectivity index (χ1n) is 5.66. The van der Waals surface area contributed by atoms with Crippen molar-refractivity contribution >= 4 is 23.9 Å². The highest BCUT2D eigenvalue weighted by molar-refractivity contribution is 6.29. The summed E-state index contributed by atoms with van der Waals surface area (Å²) in [4.78, 5) is 32.1. The Morgan fingerprint density at radius 1 is 1.56 bits per heavy atom. The normalized spacial score (nSPS) is 18.7. The number of aromatic nitrogens is 2. The lowest BCUT2D eigenvalue weighted by Crippen LogP contribution is -2.42. The monoisotopic (exact) mass is 268 g/mol. The number of rotatable bonds is 4. The van der Waals surface area contributed by atoms with Gasteiger partial charge in [-0.2, -0.15) is 0 Å². The second-order valence-corrected chi connectivity index (χ2v) is 4.37. The van der Waals surface area contributed by atoms with Crippen LogP contribution in [0, 0.1) is 0 Å². The number of nitrogens with zero attached hydrogens (tertiary/aromatic N) is 3. The second-order valence-electron chi connectivity index (χ2n) is 4.01. The predicted molar refractivity (Wildman–Crippen MR) is 64.7 cm³/mol. The molecule has 18 heavy (non-hydrogen) atoms. The number of nitrogens with one attached hydrogen (secondary N) is 1. The van der Waals surface area contributed by atoms with Crippen molar-refractivity contribution in [3.8, 4) is 0 Å². The number of carbonyl (C=O) groups excluding carboxylic acids is 2. The van der Waals surface area contributed by atoms with Gasteiger partial charge in [0.05, 0.1) is 12.2 Å². The number of likely N-dealkylation sites (tertiary alicyclic amines) is 1. The van der Waals surface area contributed by atoms with Crippen molar-refractivity contribution in [2.75, 3.05) is 6.54 Å². The first kappa shape index (κ1) is 12.8. The Balaban J connectivity index is 1.92. The molecule has 1 aromatic rings. The highest BCUT2D eigenvalue weighted by Crippen LogP contribution is 2.15. The molecule has 1 fully saturated rings. The van der Waals surface area contributed by atoms with Crippen LogP contribution in [0.1, 0.15) is 18.5 Å². The zero-order valence-corrected chi connectivity index (χ0v) is 10.4. The van der Waals surface area contributed by atoms with Gasteiger partial charge >= 0.3 is 0 Å². The smallest absolute Gasteiger partial charge is 0.243 e. The van der Waals surface area contributed by atoms with Crippen molar-refractivity contribution in [2.45, 2.75) is 25.4 Å². The molecule has 0 bridgehead atoms. The summed E-state index contributed by atoms with van der Waals surface area (Å²) in [5.74, 6) is -0.179. The van der Waals surface area contributed by atoms with Crippen LogP contribution < -0.4 is 5.32 Å². The number of amides is 2. The zero-order chi connectivity index (χ0) is 13.0. The van der Waals surface area contributed by atoms with E-state index in [1.807, 2.05) is 0 Å². The summed E-state index contributed by atoms with van der Waals surface area (Å²) in [5.41, 5.74) is 0.517. The molecule has 1 saturated heterocycles. The minimum Gasteiger partial charge on any atom is -0.349 e. The van der Waals surface area contributed by atoms with Crippen LogP contribution in [0.4, 0.5) is 0 Å². The lowest BCUT2D eigenvalue weighted by molar-refractivity contribution is -0.131. The third-order valence-corrected chi connectivity index (χ3v) is 3.20. The molecule has 0 spiro atoms. The Hall–Kier alpha value is -1.69. The van der Waals surface area contributed by atoms with Crippen LogP contribution in [0.2, 0.25) is 5.15 Å². The molecule has 2 heterocycles. The maximum atomic E-state index is 11.9. The van der Waals surface area contributed by atoms with E-state index in [9.17, 15) is 9.59 Å². The van der Waals surface area contributed by atoms with E-state index in [-0.39, 0.29) is 23.6 Å². The van der Waals surface area contributed by atoms with Gasteiger partial charge in [0.15, 0.2) is 5.15 Å². The van der Waals surface area contributed by atoms with Crippen LogP contribution in [0.25, 0.3) is 0 Å². The minimum atomic E-state index is -0.377. The standard InChI is InChI=1S/C11H13ClN4O2/c12-10-8(13-3-4-14-10)6-15-11(18)9-2-1-5-16(9)7-17/h3-4,7,9H,1-2,5-6H2,(H,15,18). The summed E-state index contributed by atoms with van der Waals surface area (Å²) in [6, 6.07) is -0.377. The summed E-state index contributed by atoms with van der Waals surface area (Å²) in [6.07, 6.45) is 5.26. The molecule has 0 aromatic carbocycles. The SMILES string of the molecule is O=CN1CCCC1C(=O)NCc1nccnc1Cl. The first-order valence-corrected chi connectivity index (χ1v) is 6.04. The van der Waals surface area contributed by atoms with Gasteiger partial charge in [-0.25, -0.2) is 4.98 Å². The molecule has 1 aromatic heterocycles. The van der Waals surface area contributed by atoms with Gasteiger partial charge in [-0.3, -0.25) is 14.6 Å². The van der Waals surface area contributed by atoms with Crippen LogP contribution in [-0.2, 0) is 16.1 Å². The Morgan fingerprint density at radius 3 is 3.06 bits per heavy atom. The topological polar surface area (TPSA) is 75.2 Å². The molecule has 1 unspecified atom stereocenters. The summed E-state index contributed by atoms with van der Waals surface area (Å²) in [5, 5.41) is 2.99. The summed E-state index contributed by atoms with van der Waals surface area (Å²) < 4.78 is 0. The molecule has 96 valence electrons. The molecule has 0 radical (unpaired) electrons. The summed E-state index contributed by atoms with van der Waals surface area (Å²) >= 11 is 5.83. The number of hydrogen-bond donors (Lipinski definition) is 1. The molecule has 1 atom stereocenters. The lowest BCUT2D eigenvalue weighted by atomic mass is 10.2. The van der Waals surface area contributed by atoms with Crippen LogP contribution in [0.15, 0.2) is 12.4 Å². The quantitative estimate of drug-likeness (QED) is 0.801. The molecule has 6 nitrogen and oxygen atoms in total. The highest BCUT2D eigenvalue weighted by atomic mass is 35.5. The van der Waals surface area contributed by atoms with Crippen LogP contribution in [0.5, 0.6) is 0 Å². The molecule has 1 aliphatic rings. The average molecular weight is 269 g/mol. The molecule has 1 N–H and O–H groups in total. The van der Waals surface area contributed by atoms with Gasteiger partial charge in [0.25, 0.3) is 0 Å². The van der Waals surface area contributed by atoms with E-state index in [2.05, 4.69) is 15.3 Å². The second kappa shape index (κ2) is 5.77. The van der Waals surface area contributed by atoms with E-state index < -0.39 is 0 Å². The molecule has 2 amide bonds. The molecule has 0 aliphatic carbocycles. The summed E-state index contributed by atoms with van der Waals surface area (Å²) in [6.45, 7) is 0.849. The Bertz CT molecular complexity index is 454. The molecule has 2 rings (SSSR count). The third-order valence-electron chi connectivity index (χ3n) is 2.89. The first-order chi connectivity index (χ1) is 8.72. The van der Waals surface area contributed by atoms with Crippen LogP contribution in [0.3, 0.4) is 0 Å². The molecular formula is C11H13ClN4O2. The van der Waals surface area contributed by atoms with Crippen molar-refractivity contribution in [1.82, 2.24) is 20.2 Å². The lowest BCUT2D eigenvalue weighted by Gasteiger charge is -2.18. The predicted octanol–water partition coefficient (Wildman–Crippen LogP) is 0.367. The number of hydrogen-bond acceptors (Lipinski definition) is 4. The fourth-order valence-corrected chi connectivity index (χ4v) is 2.13. The largest absolute Gasteiger partial charge is 0.349 e. The minimum absolute atomic E-state index is 0.179. The maximum Gasteiger partial charge on any atom is 0.243 e. The maximum absolute atomic E-state index is 11.9. The Labute approximate surface area is 109 Å². The van der Waals surface area contributed by atoms with E-state index >= 15 is 0 Å². The fraction of sp³-hybridized carbons (Fsp3) is 0.455. The molecular weight excluding hydrogens is 256 g/mol. The zero-order valence-electron chi connectivity index (χ0n) is 9.67. The van der Waals surface area contributed by atoms with Gasteiger partial charge in [0.2, 0.25) is 12.3 Å². The third kappa shape index (κ3) is 2.76. The van der Waals surface area contributed by atoms with Gasteiger partial charge in [-0.15, -0.1) is 0 Å². The van der Waals surface area contributed by atoms with E-state index in [1.165, 1.54) is 17.3 Å². The van der Waals surface area contributed by atoms with Crippen molar-refractivity contribution in [2.24, 2.45) is 0 Å². The van der Waals surface area contributed by atoms with Crippen LogP contribution in [-0.4, -0.2) is 39.8 Å². The Kier molecular flexibility index (Phi) is 4.09. The van der Waals surface area contributed by atoms with Gasteiger partial charge in [0, 0.05) is 18.9 Å². The van der Waals surface area contributed by atoms with Crippen molar-refractivity contribution in [3.05, 3.63) is 23.2 Å². The fourth-order valence-electron chi connectivity index (χ4n) is 1.95. The molecule has 0 saturated carbocycles. The van der Waals surface area contributed by atoms with Crippen molar-refractivity contribution in [3.63, 3.8) is 0 Å². The molecule has 1 aliphatic heterocycles. The summed E-state index contributed by atoms with van der Waals surface area (Å²) in [7, 11) is 0. The van der Waals surface area contributed by atoms with Gasteiger partial charge in [-0.1, -0.05) is 11.6 Å². The number of carbonyl (C=O) groups is 2.